The molecule has 0 unspecified atom stereocenters. The van der Waals surface area contributed by atoms with Crippen LogP contribution in [0.15, 0.2) is 62.9 Å². The lowest BCUT2D eigenvalue weighted by Crippen LogP contribution is -2.22. The third kappa shape index (κ3) is 3.50. The maximum atomic E-state index is 14.3. The molecular formula is C23H20BrFN4O. The van der Waals surface area contributed by atoms with Crippen LogP contribution in [0.5, 0.6) is 0 Å². The molecule has 0 atom stereocenters. The van der Waals surface area contributed by atoms with Crippen molar-refractivity contribution in [1.29, 1.82) is 0 Å². The molecule has 0 bridgehead atoms. The monoisotopic (exact) mass is 466 g/mol. The van der Waals surface area contributed by atoms with Gasteiger partial charge in [-0.1, -0.05) is 35.0 Å². The highest BCUT2D eigenvalue weighted by Crippen LogP contribution is 2.22. The summed E-state index contributed by atoms with van der Waals surface area (Å²) in [6.45, 7) is 5.75. The fourth-order valence-electron chi connectivity index (χ4n) is 3.58. The van der Waals surface area contributed by atoms with E-state index in [1.54, 1.807) is 30.5 Å². The van der Waals surface area contributed by atoms with E-state index in [9.17, 15) is 9.18 Å². The highest BCUT2D eigenvalue weighted by atomic mass is 79.9. The molecule has 0 saturated heterocycles. The minimum atomic E-state index is -0.295. The van der Waals surface area contributed by atoms with Crippen molar-refractivity contribution in [3.8, 4) is 5.69 Å². The van der Waals surface area contributed by atoms with Gasteiger partial charge in [0.05, 0.1) is 22.8 Å². The number of fused-ring (bicyclic) bond motifs is 1. The molecule has 0 radical (unpaired) electrons. The number of benzene rings is 2. The van der Waals surface area contributed by atoms with Gasteiger partial charge in [-0.15, -0.1) is 0 Å². The Kier molecular flexibility index (Phi) is 5.39. The summed E-state index contributed by atoms with van der Waals surface area (Å²) in [7, 11) is 0. The smallest absolute Gasteiger partial charge is 0.282 e. The van der Waals surface area contributed by atoms with E-state index in [1.165, 1.54) is 10.7 Å². The number of hydrogen-bond acceptors (Lipinski definition) is 3. The Morgan fingerprint density at radius 3 is 2.67 bits per heavy atom. The fraction of sp³-hybridized carbons (Fsp3) is 0.174. The minimum Gasteiger partial charge on any atom is -0.315 e. The summed E-state index contributed by atoms with van der Waals surface area (Å²) < 4.78 is 18.3. The lowest BCUT2D eigenvalue weighted by atomic mass is 10.2. The molecule has 4 aromatic rings. The number of halogens is 2. The van der Waals surface area contributed by atoms with Gasteiger partial charge in [0.2, 0.25) is 0 Å². The van der Waals surface area contributed by atoms with Crippen LogP contribution >= 0.6 is 15.9 Å². The van der Waals surface area contributed by atoms with Crippen molar-refractivity contribution in [1.82, 2.24) is 14.2 Å². The first-order chi connectivity index (χ1) is 14.4. The van der Waals surface area contributed by atoms with Crippen molar-refractivity contribution >= 4 is 33.0 Å². The number of rotatable bonds is 4. The molecule has 2 aromatic carbocycles. The molecule has 0 fully saturated rings. The highest BCUT2D eigenvalue weighted by Gasteiger charge is 2.13. The normalized spacial score (nSPS) is 11.6. The number of hydrogen-bond donors (Lipinski definition) is 0. The van der Waals surface area contributed by atoms with Gasteiger partial charge < -0.3 is 4.57 Å². The van der Waals surface area contributed by atoms with Gasteiger partial charge in [0.1, 0.15) is 11.6 Å². The SMILES string of the molecule is CCc1nc2ccc(Br)cc2c(=O)n1N=Cc1cc(C)n(-c2ccccc2F)c1C. The van der Waals surface area contributed by atoms with Gasteiger partial charge >= 0.3 is 0 Å². The zero-order valence-electron chi connectivity index (χ0n) is 16.9. The first-order valence-corrected chi connectivity index (χ1v) is 10.4. The van der Waals surface area contributed by atoms with Gasteiger partial charge in [-0.2, -0.15) is 9.78 Å². The van der Waals surface area contributed by atoms with Crippen molar-refractivity contribution < 1.29 is 4.39 Å². The van der Waals surface area contributed by atoms with Crippen molar-refractivity contribution in [3.63, 3.8) is 0 Å². The predicted molar refractivity (Wildman–Crippen MR) is 121 cm³/mol. The van der Waals surface area contributed by atoms with E-state index in [0.717, 1.165) is 21.4 Å². The Morgan fingerprint density at radius 2 is 1.93 bits per heavy atom. The molecule has 4 rings (SSSR count). The zero-order chi connectivity index (χ0) is 21.4. The molecule has 0 N–H and O–H groups in total. The molecule has 0 aliphatic rings. The van der Waals surface area contributed by atoms with Gasteiger partial charge in [0, 0.05) is 27.8 Å². The maximum absolute atomic E-state index is 14.3. The Bertz CT molecular complexity index is 1350. The highest BCUT2D eigenvalue weighted by molar-refractivity contribution is 9.10. The van der Waals surface area contributed by atoms with E-state index in [4.69, 9.17) is 0 Å². The Labute approximate surface area is 181 Å². The minimum absolute atomic E-state index is 0.225. The van der Waals surface area contributed by atoms with E-state index in [2.05, 4.69) is 26.0 Å². The van der Waals surface area contributed by atoms with Crippen LogP contribution in [0.3, 0.4) is 0 Å². The van der Waals surface area contributed by atoms with E-state index in [0.29, 0.717) is 28.8 Å². The molecule has 0 saturated carbocycles. The topological polar surface area (TPSA) is 52.2 Å². The first-order valence-electron chi connectivity index (χ1n) is 9.60. The second-order valence-electron chi connectivity index (χ2n) is 7.02. The van der Waals surface area contributed by atoms with Gasteiger partial charge in [0.15, 0.2) is 0 Å². The molecule has 0 amide bonds. The summed E-state index contributed by atoms with van der Waals surface area (Å²) in [6.07, 6.45) is 2.19. The second kappa shape index (κ2) is 7.99. The number of para-hydroxylation sites is 1. The average molecular weight is 467 g/mol. The van der Waals surface area contributed by atoms with Gasteiger partial charge in [-0.25, -0.2) is 9.37 Å². The molecule has 7 heteroatoms. The van der Waals surface area contributed by atoms with E-state index < -0.39 is 0 Å². The summed E-state index contributed by atoms with van der Waals surface area (Å²) in [6, 6.07) is 14.0. The quantitative estimate of drug-likeness (QED) is 0.390. The summed E-state index contributed by atoms with van der Waals surface area (Å²) in [4.78, 5) is 17.6. The summed E-state index contributed by atoms with van der Waals surface area (Å²) in [5, 5.41) is 4.95. The molecule has 30 heavy (non-hydrogen) atoms. The summed E-state index contributed by atoms with van der Waals surface area (Å²) >= 11 is 3.40. The van der Waals surface area contributed by atoms with Crippen molar-refractivity contribution in [2.24, 2.45) is 5.10 Å². The van der Waals surface area contributed by atoms with Crippen molar-refractivity contribution in [3.05, 3.63) is 92.0 Å². The molecule has 0 spiro atoms. The molecule has 0 aliphatic carbocycles. The maximum Gasteiger partial charge on any atom is 0.282 e. The van der Waals surface area contributed by atoms with Crippen LogP contribution in [0.2, 0.25) is 0 Å². The fourth-order valence-corrected chi connectivity index (χ4v) is 3.95. The lowest BCUT2D eigenvalue weighted by Gasteiger charge is -2.10. The van der Waals surface area contributed by atoms with E-state index in [-0.39, 0.29) is 11.4 Å². The molecule has 2 aromatic heterocycles. The van der Waals surface area contributed by atoms with Gasteiger partial charge in [0.25, 0.3) is 5.56 Å². The van der Waals surface area contributed by atoms with Gasteiger partial charge in [-0.3, -0.25) is 4.79 Å². The zero-order valence-corrected chi connectivity index (χ0v) is 18.4. The van der Waals surface area contributed by atoms with Gasteiger partial charge in [-0.05, 0) is 50.2 Å². The summed E-state index contributed by atoms with van der Waals surface area (Å²) in [5.74, 6) is 0.283. The van der Waals surface area contributed by atoms with Crippen LogP contribution in [0.25, 0.3) is 16.6 Å². The Morgan fingerprint density at radius 1 is 1.17 bits per heavy atom. The second-order valence-corrected chi connectivity index (χ2v) is 7.93. The van der Waals surface area contributed by atoms with Crippen LogP contribution in [-0.2, 0) is 6.42 Å². The van der Waals surface area contributed by atoms with Crippen LogP contribution < -0.4 is 5.56 Å². The third-order valence-corrected chi connectivity index (χ3v) is 5.56. The molecule has 5 nitrogen and oxygen atoms in total. The van der Waals surface area contributed by atoms with Crippen LogP contribution in [0.1, 0.15) is 29.7 Å². The van der Waals surface area contributed by atoms with Crippen LogP contribution in [0.4, 0.5) is 4.39 Å². The molecule has 152 valence electrons. The van der Waals surface area contributed by atoms with Crippen molar-refractivity contribution in [2.45, 2.75) is 27.2 Å². The number of aryl methyl sites for hydroxylation is 2. The molecular weight excluding hydrogens is 447 g/mol. The van der Waals surface area contributed by atoms with Crippen LogP contribution in [-0.4, -0.2) is 20.4 Å². The molecule has 0 aliphatic heterocycles. The average Bonchev–Trinajstić information content (AvgIpc) is 3.01. The molecule has 2 heterocycles. The Balaban J connectivity index is 1.83. The Hall–Kier alpha value is -3.06. The van der Waals surface area contributed by atoms with Crippen LogP contribution in [0, 0.1) is 19.7 Å². The number of nitrogens with zero attached hydrogens (tertiary/aromatic N) is 4. The third-order valence-electron chi connectivity index (χ3n) is 5.07. The summed E-state index contributed by atoms with van der Waals surface area (Å²) in [5.41, 5.74) is 3.42. The lowest BCUT2D eigenvalue weighted by molar-refractivity contribution is 0.616. The van der Waals surface area contributed by atoms with E-state index >= 15 is 0 Å². The van der Waals surface area contributed by atoms with E-state index in [1.807, 2.05) is 43.5 Å². The largest absolute Gasteiger partial charge is 0.315 e. The first kappa shape index (κ1) is 20.2. The number of aromatic nitrogens is 3. The standard InChI is InChI=1S/C23H20BrFN4O/c1-4-22-27-20-10-9-17(24)12-18(20)23(30)29(22)26-13-16-11-14(2)28(15(16)3)21-8-6-5-7-19(21)25/h5-13H,4H2,1-3H3. The van der Waals surface area contributed by atoms with Crippen molar-refractivity contribution in [2.75, 3.05) is 0 Å². The predicted octanol–water partition coefficient (Wildman–Crippen LogP) is 5.15.